The van der Waals surface area contributed by atoms with Crippen LogP contribution in [0.4, 0.5) is 11.4 Å². The van der Waals surface area contributed by atoms with E-state index >= 15 is 0 Å². The summed E-state index contributed by atoms with van der Waals surface area (Å²) >= 11 is 0. The Morgan fingerprint density at radius 3 is 2.46 bits per heavy atom. The van der Waals surface area contributed by atoms with Crippen LogP contribution >= 0.6 is 0 Å². The van der Waals surface area contributed by atoms with Gasteiger partial charge in [-0.3, -0.25) is 0 Å². The van der Waals surface area contributed by atoms with Gasteiger partial charge in [0.1, 0.15) is 0 Å². The van der Waals surface area contributed by atoms with Crippen molar-refractivity contribution >= 4 is 17.2 Å². The molecule has 0 fully saturated rings. The van der Waals surface area contributed by atoms with Crippen molar-refractivity contribution in [2.24, 2.45) is 10.7 Å². The number of aliphatic imine (C=N–C) groups is 1. The van der Waals surface area contributed by atoms with Gasteiger partial charge in [0.2, 0.25) is 0 Å². The molecule has 70 valence electrons. The zero-order valence-corrected chi connectivity index (χ0v) is 8.28. The molecule has 2 N–H and O–H groups in total. The van der Waals surface area contributed by atoms with E-state index in [1.54, 1.807) is 6.92 Å². The first-order valence-electron chi connectivity index (χ1n) is 4.18. The highest BCUT2D eigenvalue weighted by Gasteiger charge is 2.00. The van der Waals surface area contributed by atoms with Gasteiger partial charge in [0.15, 0.2) is 0 Å². The molecule has 0 aliphatic heterocycles. The minimum atomic E-state index is 0.578. The van der Waals surface area contributed by atoms with E-state index in [0.717, 1.165) is 11.4 Å². The lowest BCUT2D eigenvalue weighted by Crippen LogP contribution is -2.10. The lowest BCUT2D eigenvalue weighted by atomic mass is 10.2. The zero-order chi connectivity index (χ0) is 9.84. The van der Waals surface area contributed by atoms with Crippen LogP contribution in [-0.4, -0.2) is 19.9 Å². The van der Waals surface area contributed by atoms with Crippen LogP contribution in [0, 0.1) is 0 Å². The van der Waals surface area contributed by atoms with Gasteiger partial charge in [0.05, 0.1) is 17.2 Å². The third kappa shape index (κ3) is 2.47. The van der Waals surface area contributed by atoms with Crippen LogP contribution in [0.3, 0.4) is 0 Å². The second-order valence-electron chi connectivity index (χ2n) is 3.14. The second kappa shape index (κ2) is 3.94. The van der Waals surface area contributed by atoms with Crippen LogP contribution in [0.1, 0.15) is 6.92 Å². The van der Waals surface area contributed by atoms with Gasteiger partial charge in [-0.15, -0.1) is 0 Å². The topological polar surface area (TPSA) is 41.6 Å². The van der Waals surface area contributed by atoms with Gasteiger partial charge in [-0.1, -0.05) is 12.1 Å². The second-order valence-corrected chi connectivity index (χ2v) is 3.14. The predicted octanol–water partition coefficient (Wildman–Crippen LogP) is 1.76. The quantitative estimate of drug-likeness (QED) is 0.552. The zero-order valence-electron chi connectivity index (χ0n) is 8.28. The number of benzene rings is 1. The lowest BCUT2D eigenvalue weighted by molar-refractivity contribution is 1.13. The van der Waals surface area contributed by atoms with E-state index < -0.39 is 0 Å². The minimum absolute atomic E-state index is 0.578. The van der Waals surface area contributed by atoms with E-state index in [1.165, 1.54) is 0 Å². The van der Waals surface area contributed by atoms with Crippen LogP contribution in [0.15, 0.2) is 29.3 Å². The van der Waals surface area contributed by atoms with Gasteiger partial charge < -0.3 is 10.6 Å². The van der Waals surface area contributed by atoms with E-state index in [-0.39, 0.29) is 0 Å². The highest BCUT2D eigenvalue weighted by molar-refractivity contribution is 5.83. The third-order valence-electron chi connectivity index (χ3n) is 1.66. The Kier molecular flexibility index (Phi) is 2.90. The first-order valence-corrected chi connectivity index (χ1v) is 4.18. The standard InChI is InChI=1S/C10H15N3/c1-8(11)12-9-6-4-5-7-10(9)13(2)3/h4-7H,1-3H3,(H2,11,12). The Hall–Kier alpha value is -1.51. The summed E-state index contributed by atoms with van der Waals surface area (Å²) in [7, 11) is 3.97. The normalized spacial score (nSPS) is 11.5. The summed E-state index contributed by atoms with van der Waals surface area (Å²) in [4.78, 5) is 6.25. The van der Waals surface area contributed by atoms with E-state index in [2.05, 4.69) is 4.99 Å². The smallest absolute Gasteiger partial charge is 0.0965 e. The molecule has 1 aromatic rings. The number of nitrogens with two attached hydrogens (primary N) is 1. The van der Waals surface area contributed by atoms with Crippen molar-refractivity contribution in [1.29, 1.82) is 0 Å². The van der Waals surface area contributed by atoms with Crippen LogP contribution in [0.2, 0.25) is 0 Å². The molecule has 3 heteroatoms. The molecule has 0 amide bonds. The van der Waals surface area contributed by atoms with Crippen molar-refractivity contribution in [2.75, 3.05) is 19.0 Å². The molecule has 0 aliphatic rings. The maximum Gasteiger partial charge on any atom is 0.0965 e. The fraction of sp³-hybridized carbons (Fsp3) is 0.300. The fourth-order valence-corrected chi connectivity index (χ4v) is 1.13. The number of para-hydroxylation sites is 2. The van der Waals surface area contributed by atoms with Gasteiger partial charge in [0, 0.05) is 14.1 Å². The lowest BCUT2D eigenvalue weighted by Gasteiger charge is -2.14. The molecule has 3 nitrogen and oxygen atoms in total. The van der Waals surface area contributed by atoms with Gasteiger partial charge in [-0.05, 0) is 19.1 Å². The van der Waals surface area contributed by atoms with E-state index in [9.17, 15) is 0 Å². The summed E-state index contributed by atoms with van der Waals surface area (Å²) in [5.74, 6) is 0.578. The molecule has 0 aromatic heterocycles. The number of amidine groups is 1. The molecule has 1 aromatic carbocycles. The first-order chi connectivity index (χ1) is 6.11. The van der Waals surface area contributed by atoms with Crippen LogP contribution < -0.4 is 10.6 Å². The summed E-state index contributed by atoms with van der Waals surface area (Å²) in [6.07, 6.45) is 0. The minimum Gasteiger partial charge on any atom is -0.387 e. The highest BCUT2D eigenvalue weighted by atomic mass is 15.1. The number of rotatable bonds is 2. The summed E-state index contributed by atoms with van der Waals surface area (Å²) in [5.41, 5.74) is 7.51. The average molecular weight is 177 g/mol. The molecule has 0 bridgehead atoms. The molecule has 0 spiro atoms. The average Bonchev–Trinajstić information content (AvgIpc) is 2.03. The van der Waals surface area contributed by atoms with Crippen molar-refractivity contribution in [1.82, 2.24) is 0 Å². The van der Waals surface area contributed by atoms with Gasteiger partial charge in [-0.25, -0.2) is 4.99 Å². The maximum absolute atomic E-state index is 5.52. The molecule has 13 heavy (non-hydrogen) atoms. The summed E-state index contributed by atoms with van der Waals surface area (Å²) in [5, 5.41) is 0. The molecule has 1 rings (SSSR count). The Morgan fingerprint density at radius 1 is 1.31 bits per heavy atom. The molecule has 0 saturated heterocycles. The van der Waals surface area contributed by atoms with Gasteiger partial charge >= 0.3 is 0 Å². The van der Waals surface area contributed by atoms with Crippen LogP contribution in [-0.2, 0) is 0 Å². The van der Waals surface area contributed by atoms with E-state index in [0.29, 0.717) is 5.84 Å². The van der Waals surface area contributed by atoms with Crippen molar-refractivity contribution in [3.05, 3.63) is 24.3 Å². The summed E-state index contributed by atoms with van der Waals surface area (Å²) in [6.45, 7) is 1.78. The summed E-state index contributed by atoms with van der Waals surface area (Å²) < 4.78 is 0. The molecule has 0 radical (unpaired) electrons. The first kappa shape index (κ1) is 9.58. The van der Waals surface area contributed by atoms with Crippen LogP contribution in [0.5, 0.6) is 0 Å². The molecular weight excluding hydrogens is 162 g/mol. The van der Waals surface area contributed by atoms with E-state index in [4.69, 9.17) is 5.73 Å². The molecule has 0 saturated carbocycles. The molecular formula is C10H15N3. The Bertz CT molecular complexity index is 312. The predicted molar refractivity (Wildman–Crippen MR) is 57.7 cm³/mol. The van der Waals surface area contributed by atoms with Crippen molar-refractivity contribution < 1.29 is 0 Å². The Morgan fingerprint density at radius 2 is 1.92 bits per heavy atom. The SMILES string of the molecule is CC(N)=Nc1ccccc1N(C)C. The maximum atomic E-state index is 5.52. The largest absolute Gasteiger partial charge is 0.387 e. The highest BCUT2D eigenvalue weighted by Crippen LogP contribution is 2.26. The van der Waals surface area contributed by atoms with Crippen molar-refractivity contribution in [3.63, 3.8) is 0 Å². The van der Waals surface area contributed by atoms with Gasteiger partial charge in [-0.2, -0.15) is 0 Å². The number of nitrogens with zero attached hydrogens (tertiary/aromatic N) is 2. The van der Waals surface area contributed by atoms with Crippen molar-refractivity contribution in [3.8, 4) is 0 Å². The Balaban J connectivity index is 3.12. The number of anilines is 1. The molecule has 0 unspecified atom stereocenters. The molecule has 0 heterocycles. The van der Waals surface area contributed by atoms with Crippen LogP contribution in [0.25, 0.3) is 0 Å². The third-order valence-corrected chi connectivity index (χ3v) is 1.66. The van der Waals surface area contributed by atoms with Crippen molar-refractivity contribution in [2.45, 2.75) is 6.92 Å². The van der Waals surface area contributed by atoms with Gasteiger partial charge in [0.25, 0.3) is 0 Å². The molecule has 0 aliphatic carbocycles. The number of hydrogen-bond donors (Lipinski definition) is 1. The number of hydrogen-bond acceptors (Lipinski definition) is 2. The molecule has 0 atom stereocenters. The summed E-state index contributed by atoms with van der Waals surface area (Å²) in [6, 6.07) is 7.91. The van der Waals surface area contributed by atoms with E-state index in [1.807, 2.05) is 43.3 Å². The fourth-order valence-electron chi connectivity index (χ4n) is 1.13. The Labute approximate surface area is 78.9 Å². The monoisotopic (exact) mass is 177 g/mol.